The van der Waals surface area contributed by atoms with Gasteiger partial charge in [0.15, 0.2) is 0 Å². The molecule has 1 N–H and O–H groups in total. The van der Waals surface area contributed by atoms with Crippen LogP contribution in [0, 0.1) is 11.7 Å². The van der Waals surface area contributed by atoms with Gasteiger partial charge in [0.25, 0.3) is 0 Å². The Morgan fingerprint density at radius 3 is 2.76 bits per heavy atom. The van der Waals surface area contributed by atoms with E-state index in [0.717, 1.165) is 13.0 Å². The van der Waals surface area contributed by atoms with Crippen LogP contribution in [0.15, 0.2) is 24.3 Å². The molecule has 1 aromatic rings. The second-order valence-electron chi connectivity index (χ2n) is 6.87. The zero-order valence-electron chi connectivity index (χ0n) is 14.6. The Kier molecular flexibility index (Phi) is 7.49. The summed E-state index contributed by atoms with van der Waals surface area (Å²) in [5.41, 5.74) is 0.283. The van der Waals surface area contributed by atoms with Crippen molar-refractivity contribution in [1.82, 2.24) is 4.90 Å². The summed E-state index contributed by atoms with van der Waals surface area (Å²) < 4.78 is 13.6. The van der Waals surface area contributed by atoms with E-state index in [1.54, 1.807) is 18.2 Å². The summed E-state index contributed by atoms with van der Waals surface area (Å²) >= 11 is 4.15. The maximum atomic E-state index is 13.6. The molecule has 25 heavy (non-hydrogen) atoms. The van der Waals surface area contributed by atoms with Gasteiger partial charge in [0.1, 0.15) is 5.82 Å². The average molecular weight is 383 g/mol. The lowest BCUT2D eigenvalue weighted by molar-refractivity contribution is -0.116. The molecule has 0 radical (unpaired) electrons. The van der Waals surface area contributed by atoms with Crippen LogP contribution in [0.4, 0.5) is 10.1 Å². The third-order valence-corrected chi connectivity index (χ3v) is 7.47. The van der Waals surface area contributed by atoms with Gasteiger partial charge in [-0.3, -0.25) is 9.69 Å². The molecule has 138 valence electrons. The molecule has 2 aliphatic heterocycles. The first-order valence-corrected chi connectivity index (χ1v) is 11.5. The van der Waals surface area contributed by atoms with E-state index in [1.165, 1.54) is 48.5 Å². The molecule has 3 rings (SSSR count). The number of halogens is 1. The summed E-state index contributed by atoms with van der Waals surface area (Å²) in [7, 11) is 0. The molecule has 3 nitrogen and oxygen atoms in total. The Morgan fingerprint density at radius 1 is 1.24 bits per heavy atom. The van der Waals surface area contributed by atoms with Gasteiger partial charge in [-0.05, 0) is 43.9 Å². The van der Waals surface area contributed by atoms with Crippen LogP contribution in [0.3, 0.4) is 0 Å². The molecule has 0 aromatic heterocycles. The molecule has 1 atom stereocenters. The topological polar surface area (TPSA) is 32.3 Å². The Labute approximate surface area is 158 Å². The van der Waals surface area contributed by atoms with Crippen LogP contribution in [0.2, 0.25) is 0 Å². The van der Waals surface area contributed by atoms with E-state index in [1.807, 2.05) is 0 Å². The van der Waals surface area contributed by atoms with E-state index in [0.29, 0.717) is 18.4 Å². The van der Waals surface area contributed by atoms with Crippen molar-refractivity contribution in [2.45, 2.75) is 31.7 Å². The number of hydrogen-bond donors (Lipinski definition) is 1. The maximum absolute atomic E-state index is 13.6. The highest BCUT2D eigenvalue weighted by Gasteiger charge is 2.27. The molecule has 0 aliphatic carbocycles. The lowest BCUT2D eigenvalue weighted by Crippen LogP contribution is -2.45. The highest BCUT2D eigenvalue weighted by Crippen LogP contribution is 2.27. The first-order chi connectivity index (χ1) is 12.2. The standard InChI is InChI=1S/C19H27FN2OS2/c20-17-5-1-2-6-18(17)21-19(23)8-7-15-4-3-9-22(12-15)16-13-24-10-11-25-14-16/h1-2,5-6,15-16H,3-4,7-14H2,(H,21,23). The SMILES string of the molecule is O=C(CCC1CCCN(C2CSCCSC2)C1)Nc1ccccc1F. The molecule has 1 unspecified atom stereocenters. The molecule has 0 bridgehead atoms. The molecule has 0 spiro atoms. The summed E-state index contributed by atoms with van der Waals surface area (Å²) in [5.74, 6) is 5.16. The predicted octanol–water partition coefficient (Wildman–Crippen LogP) is 4.11. The van der Waals surface area contributed by atoms with Crippen LogP contribution in [-0.4, -0.2) is 52.9 Å². The maximum Gasteiger partial charge on any atom is 0.224 e. The van der Waals surface area contributed by atoms with E-state index in [-0.39, 0.29) is 17.4 Å². The molecular formula is C19H27FN2OS2. The fourth-order valence-electron chi connectivity index (χ4n) is 3.59. The summed E-state index contributed by atoms with van der Waals surface area (Å²) in [5, 5.41) is 2.70. The number of thioether (sulfide) groups is 2. The molecule has 1 aromatic carbocycles. The highest BCUT2D eigenvalue weighted by molar-refractivity contribution is 8.03. The summed E-state index contributed by atoms with van der Waals surface area (Å²) in [4.78, 5) is 14.8. The highest BCUT2D eigenvalue weighted by atomic mass is 32.2. The molecular weight excluding hydrogens is 355 g/mol. The van der Waals surface area contributed by atoms with Crippen LogP contribution >= 0.6 is 23.5 Å². The van der Waals surface area contributed by atoms with Gasteiger partial charge < -0.3 is 5.32 Å². The van der Waals surface area contributed by atoms with Crippen LogP contribution < -0.4 is 5.32 Å². The van der Waals surface area contributed by atoms with Gasteiger partial charge in [-0.2, -0.15) is 23.5 Å². The van der Waals surface area contributed by atoms with Crippen LogP contribution in [-0.2, 0) is 4.79 Å². The molecule has 2 aliphatic rings. The number of rotatable bonds is 5. The first kappa shape index (κ1) is 19.1. The lowest BCUT2D eigenvalue weighted by Gasteiger charge is -2.37. The van der Waals surface area contributed by atoms with Gasteiger partial charge >= 0.3 is 0 Å². The molecule has 6 heteroatoms. The minimum absolute atomic E-state index is 0.0807. The molecule has 2 saturated heterocycles. The normalized spacial score (nSPS) is 23.2. The largest absolute Gasteiger partial charge is 0.324 e. The summed E-state index contributed by atoms with van der Waals surface area (Å²) in [6.07, 6.45) is 3.80. The van der Waals surface area contributed by atoms with Gasteiger partial charge in [-0.15, -0.1) is 0 Å². The van der Waals surface area contributed by atoms with Crippen LogP contribution in [0.1, 0.15) is 25.7 Å². The summed E-state index contributed by atoms with van der Waals surface area (Å²) in [6.45, 7) is 2.31. The summed E-state index contributed by atoms with van der Waals surface area (Å²) in [6, 6.07) is 7.04. The van der Waals surface area contributed by atoms with Crippen molar-refractivity contribution in [3.05, 3.63) is 30.1 Å². The van der Waals surface area contributed by atoms with Gasteiger partial charge in [-0.1, -0.05) is 12.1 Å². The lowest BCUT2D eigenvalue weighted by atomic mass is 9.92. The van der Waals surface area contributed by atoms with Crippen molar-refractivity contribution in [3.63, 3.8) is 0 Å². The number of hydrogen-bond acceptors (Lipinski definition) is 4. The Balaban J connectivity index is 1.44. The zero-order chi connectivity index (χ0) is 17.5. The zero-order valence-corrected chi connectivity index (χ0v) is 16.2. The van der Waals surface area contributed by atoms with E-state index in [9.17, 15) is 9.18 Å². The van der Waals surface area contributed by atoms with E-state index in [4.69, 9.17) is 0 Å². The monoisotopic (exact) mass is 382 g/mol. The minimum atomic E-state index is -0.372. The first-order valence-electron chi connectivity index (χ1n) is 9.16. The fraction of sp³-hybridized carbons (Fsp3) is 0.632. The van der Waals surface area contributed by atoms with E-state index >= 15 is 0 Å². The van der Waals surface area contributed by atoms with Crippen molar-refractivity contribution >= 4 is 35.1 Å². The van der Waals surface area contributed by atoms with Crippen molar-refractivity contribution < 1.29 is 9.18 Å². The average Bonchev–Trinajstić information content (AvgIpc) is 2.92. The third kappa shape index (κ3) is 5.90. The smallest absolute Gasteiger partial charge is 0.224 e. The number of likely N-dealkylation sites (tertiary alicyclic amines) is 1. The minimum Gasteiger partial charge on any atom is -0.324 e. The number of nitrogens with zero attached hydrogens (tertiary/aromatic N) is 1. The van der Waals surface area contributed by atoms with Crippen molar-refractivity contribution in [2.24, 2.45) is 5.92 Å². The van der Waals surface area contributed by atoms with Crippen LogP contribution in [0.25, 0.3) is 0 Å². The van der Waals surface area contributed by atoms with Crippen molar-refractivity contribution in [3.8, 4) is 0 Å². The number of carbonyl (C=O) groups is 1. The number of piperidine rings is 1. The second kappa shape index (κ2) is 9.83. The number of anilines is 1. The Hall–Kier alpha value is -0.720. The Bertz CT molecular complexity index is 564. The fourth-order valence-corrected chi connectivity index (χ4v) is 6.22. The van der Waals surface area contributed by atoms with Gasteiger partial charge in [0.05, 0.1) is 5.69 Å². The molecule has 2 heterocycles. The van der Waals surface area contributed by atoms with Crippen molar-refractivity contribution in [1.29, 1.82) is 0 Å². The van der Waals surface area contributed by atoms with Gasteiger partial charge in [0.2, 0.25) is 5.91 Å². The molecule has 2 fully saturated rings. The predicted molar refractivity (Wildman–Crippen MR) is 107 cm³/mol. The van der Waals surface area contributed by atoms with Gasteiger partial charge in [0, 0.05) is 42.0 Å². The second-order valence-corrected chi connectivity index (χ2v) is 9.17. The molecule has 1 amide bonds. The van der Waals surface area contributed by atoms with Crippen LogP contribution in [0.5, 0.6) is 0 Å². The molecule has 0 saturated carbocycles. The third-order valence-electron chi connectivity index (χ3n) is 4.99. The van der Waals surface area contributed by atoms with Crippen molar-refractivity contribution in [2.75, 3.05) is 41.4 Å². The van der Waals surface area contributed by atoms with Gasteiger partial charge in [-0.25, -0.2) is 4.39 Å². The van der Waals surface area contributed by atoms with E-state index in [2.05, 4.69) is 33.7 Å². The number of para-hydroxylation sites is 1. The number of nitrogens with one attached hydrogen (secondary N) is 1. The number of carbonyl (C=O) groups excluding carboxylic acids is 1. The number of amides is 1. The number of benzene rings is 1. The quantitative estimate of drug-likeness (QED) is 0.831. The Morgan fingerprint density at radius 2 is 2.00 bits per heavy atom. The van der Waals surface area contributed by atoms with E-state index < -0.39 is 0 Å².